The van der Waals surface area contributed by atoms with E-state index in [4.69, 9.17) is 9.47 Å². The molecule has 0 spiro atoms. The molecule has 114 valence electrons. The fourth-order valence-electron chi connectivity index (χ4n) is 2.74. The molecule has 1 fully saturated rings. The number of benzene rings is 2. The molecule has 1 aliphatic rings. The maximum Gasteiger partial charge on any atom is 0.255 e. The highest BCUT2D eigenvalue weighted by atomic mass is 16.5. The summed E-state index contributed by atoms with van der Waals surface area (Å²) in [5, 5.41) is 3.15. The zero-order valence-corrected chi connectivity index (χ0v) is 12.8. The Kier molecular flexibility index (Phi) is 3.75. The van der Waals surface area contributed by atoms with Gasteiger partial charge < -0.3 is 14.8 Å². The summed E-state index contributed by atoms with van der Waals surface area (Å²) in [5.74, 6) is 1.26. The molecule has 0 aliphatic heterocycles. The number of methoxy groups -OCH3 is 2. The number of hydrogen-bond acceptors (Lipinski definition) is 3. The van der Waals surface area contributed by atoms with E-state index < -0.39 is 0 Å². The van der Waals surface area contributed by atoms with Crippen LogP contribution in [0.1, 0.15) is 28.8 Å². The second-order valence-electron chi connectivity index (χ2n) is 5.44. The minimum Gasteiger partial charge on any atom is -0.496 e. The summed E-state index contributed by atoms with van der Waals surface area (Å²) in [5.41, 5.74) is 1.25. The molecule has 0 saturated heterocycles. The highest BCUT2D eigenvalue weighted by molar-refractivity contribution is 5.97. The van der Waals surface area contributed by atoms with Crippen LogP contribution >= 0.6 is 0 Å². The van der Waals surface area contributed by atoms with E-state index in [2.05, 4.69) is 5.32 Å². The van der Waals surface area contributed by atoms with Crippen LogP contribution in [0, 0.1) is 0 Å². The third-order valence-corrected chi connectivity index (χ3v) is 4.08. The van der Waals surface area contributed by atoms with Crippen LogP contribution in [-0.2, 0) is 5.54 Å². The normalized spacial score (nSPS) is 15.0. The van der Waals surface area contributed by atoms with Gasteiger partial charge in [-0.15, -0.1) is 0 Å². The third kappa shape index (κ3) is 2.52. The average Bonchev–Trinajstić information content (AvgIpc) is 3.35. The van der Waals surface area contributed by atoms with Crippen molar-refractivity contribution in [2.45, 2.75) is 18.4 Å². The lowest BCUT2D eigenvalue weighted by atomic mass is 10.0. The van der Waals surface area contributed by atoms with Gasteiger partial charge in [-0.1, -0.05) is 30.3 Å². The van der Waals surface area contributed by atoms with Gasteiger partial charge in [-0.3, -0.25) is 4.79 Å². The third-order valence-electron chi connectivity index (χ3n) is 4.08. The largest absolute Gasteiger partial charge is 0.496 e. The zero-order valence-electron chi connectivity index (χ0n) is 12.8. The Balaban J connectivity index is 1.88. The Morgan fingerprint density at radius 1 is 0.955 bits per heavy atom. The number of nitrogens with one attached hydrogen (secondary N) is 1. The van der Waals surface area contributed by atoms with Gasteiger partial charge in [0.25, 0.3) is 5.91 Å². The van der Waals surface area contributed by atoms with Gasteiger partial charge in [-0.2, -0.15) is 0 Å². The van der Waals surface area contributed by atoms with E-state index >= 15 is 0 Å². The minimum atomic E-state index is -0.329. The molecule has 3 rings (SSSR count). The number of amides is 1. The van der Waals surface area contributed by atoms with Gasteiger partial charge in [0, 0.05) is 5.56 Å². The number of rotatable bonds is 5. The Hall–Kier alpha value is -2.49. The van der Waals surface area contributed by atoms with Crippen molar-refractivity contribution in [3.8, 4) is 11.5 Å². The van der Waals surface area contributed by atoms with Gasteiger partial charge >= 0.3 is 0 Å². The summed E-state index contributed by atoms with van der Waals surface area (Å²) in [6.45, 7) is 0. The molecule has 4 heteroatoms. The summed E-state index contributed by atoms with van der Waals surface area (Å²) in [7, 11) is 3.22. The average molecular weight is 297 g/mol. The fourth-order valence-corrected chi connectivity index (χ4v) is 2.74. The highest BCUT2D eigenvalue weighted by Gasteiger charge is 2.47. The summed E-state index contributed by atoms with van der Waals surface area (Å²) in [6.07, 6.45) is 1.82. The Labute approximate surface area is 130 Å². The first-order valence-corrected chi connectivity index (χ1v) is 7.29. The predicted octanol–water partition coefficient (Wildman–Crippen LogP) is 3.12. The molecule has 0 atom stereocenters. The molecule has 0 aromatic heterocycles. The van der Waals surface area contributed by atoms with Crippen molar-refractivity contribution in [2.24, 2.45) is 0 Å². The lowest BCUT2D eigenvalue weighted by Gasteiger charge is -2.21. The van der Waals surface area contributed by atoms with Crippen molar-refractivity contribution in [1.29, 1.82) is 0 Å². The minimum absolute atomic E-state index is 0.124. The highest BCUT2D eigenvalue weighted by Crippen LogP contribution is 2.49. The standard InChI is InChI=1S/C18H19NO3/c1-21-15-9-5-3-7-13(15)17(20)19-18(11-12-18)14-8-4-6-10-16(14)22-2/h3-10H,11-12H2,1-2H3,(H,19,20). The summed E-state index contributed by atoms with van der Waals surface area (Å²) >= 11 is 0. The molecular weight excluding hydrogens is 278 g/mol. The molecule has 0 heterocycles. The number of hydrogen-bond donors (Lipinski definition) is 1. The number of para-hydroxylation sites is 2. The van der Waals surface area contributed by atoms with E-state index in [1.165, 1.54) is 0 Å². The number of ether oxygens (including phenoxy) is 2. The van der Waals surface area contributed by atoms with Gasteiger partial charge in [0.15, 0.2) is 0 Å². The van der Waals surface area contributed by atoms with Gasteiger partial charge in [0.05, 0.1) is 25.3 Å². The van der Waals surface area contributed by atoms with Crippen molar-refractivity contribution in [3.63, 3.8) is 0 Å². The molecule has 2 aromatic rings. The summed E-state index contributed by atoms with van der Waals surface area (Å²) < 4.78 is 10.7. The van der Waals surface area contributed by atoms with Crippen molar-refractivity contribution in [2.75, 3.05) is 14.2 Å². The predicted molar refractivity (Wildman–Crippen MR) is 84.4 cm³/mol. The van der Waals surface area contributed by atoms with Crippen molar-refractivity contribution >= 4 is 5.91 Å². The first-order valence-electron chi connectivity index (χ1n) is 7.29. The molecule has 1 amide bonds. The molecule has 2 aromatic carbocycles. The van der Waals surface area contributed by atoms with Crippen LogP contribution in [0.15, 0.2) is 48.5 Å². The van der Waals surface area contributed by atoms with E-state index in [0.717, 1.165) is 24.2 Å². The van der Waals surface area contributed by atoms with Gasteiger partial charge in [-0.05, 0) is 31.0 Å². The zero-order chi connectivity index (χ0) is 15.6. The van der Waals surface area contributed by atoms with Crippen LogP contribution in [-0.4, -0.2) is 20.1 Å². The second-order valence-corrected chi connectivity index (χ2v) is 5.44. The maximum absolute atomic E-state index is 12.6. The SMILES string of the molecule is COc1ccccc1C(=O)NC1(c2ccccc2OC)CC1. The monoisotopic (exact) mass is 297 g/mol. The van der Waals surface area contributed by atoms with Gasteiger partial charge in [0.2, 0.25) is 0 Å². The molecule has 1 aliphatic carbocycles. The van der Waals surface area contributed by atoms with E-state index in [9.17, 15) is 4.79 Å². The molecule has 22 heavy (non-hydrogen) atoms. The quantitative estimate of drug-likeness (QED) is 0.922. The Morgan fingerprint density at radius 3 is 2.18 bits per heavy atom. The molecule has 1 saturated carbocycles. The van der Waals surface area contributed by atoms with Crippen LogP contribution in [0.25, 0.3) is 0 Å². The van der Waals surface area contributed by atoms with Crippen LogP contribution < -0.4 is 14.8 Å². The first kappa shape index (κ1) is 14.4. The maximum atomic E-state index is 12.6. The Bertz CT molecular complexity index is 692. The second kappa shape index (κ2) is 5.72. The Morgan fingerprint density at radius 2 is 1.55 bits per heavy atom. The van der Waals surface area contributed by atoms with Crippen LogP contribution in [0.5, 0.6) is 11.5 Å². The fraction of sp³-hybridized carbons (Fsp3) is 0.278. The molecule has 0 radical (unpaired) electrons. The molecule has 4 nitrogen and oxygen atoms in total. The summed E-state index contributed by atoms with van der Waals surface area (Å²) in [6, 6.07) is 15.1. The summed E-state index contributed by atoms with van der Waals surface area (Å²) in [4.78, 5) is 12.6. The van der Waals surface area contributed by atoms with E-state index in [-0.39, 0.29) is 11.4 Å². The van der Waals surface area contributed by atoms with E-state index in [1.807, 2.05) is 36.4 Å². The lowest BCUT2D eigenvalue weighted by molar-refractivity contribution is 0.0927. The van der Waals surface area contributed by atoms with Crippen molar-refractivity contribution < 1.29 is 14.3 Å². The van der Waals surface area contributed by atoms with Crippen molar-refractivity contribution in [3.05, 3.63) is 59.7 Å². The molecule has 0 unspecified atom stereocenters. The number of carbonyl (C=O) groups excluding carboxylic acids is 1. The van der Waals surface area contributed by atoms with Crippen LogP contribution in [0.2, 0.25) is 0 Å². The smallest absolute Gasteiger partial charge is 0.255 e. The molecule has 0 bridgehead atoms. The van der Waals surface area contributed by atoms with E-state index in [0.29, 0.717) is 11.3 Å². The topological polar surface area (TPSA) is 47.6 Å². The number of carbonyl (C=O) groups is 1. The van der Waals surface area contributed by atoms with Gasteiger partial charge in [0.1, 0.15) is 11.5 Å². The van der Waals surface area contributed by atoms with E-state index in [1.54, 1.807) is 26.4 Å². The lowest BCUT2D eigenvalue weighted by Crippen LogP contribution is -2.35. The molecular formula is C18H19NO3. The molecule has 1 N–H and O–H groups in total. The van der Waals surface area contributed by atoms with Crippen molar-refractivity contribution in [1.82, 2.24) is 5.32 Å². The first-order chi connectivity index (χ1) is 10.7. The van der Waals surface area contributed by atoms with Gasteiger partial charge in [-0.25, -0.2) is 0 Å². The van der Waals surface area contributed by atoms with Crippen LogP contribution in [0.3, 0.4) is 0 Å². The van der Waals surface area contributed by atoms with Crippen LogP contribution in [0.4, 0.5) is 0 Å².